The maximum atomic E-state index is 8.84. The first-order valence-electron chi connectivity index (χ1n) is 4.72. The van der Waals surface area contributed by atoms with Crippen LogP contribution in [0.2, 0.25) is 0 Å². The third-order valence-electron chi connectivity index (χ3n) is 2.71. The van der Waals surface area contributed by atoms with Gasteiger partial charge < -0.3 is 5.32 Å². The fraction of sp³-hybridized carbons (Fsp3) is 0.500. The Morgan fingerprint density at radius 1 is 1.57 bits per heavy atom. The zero-order valence-corrected chi connectivity index (χ0v) is 8.12. The summed E-state index contributed by atoms with van der Waals surface area (Å²) in [6.45, 7) is 2.15. The third kappa shape index (κ3) is 1.53. The molecule has 0 aromatic carbocycles. The van der Waals surface area contributed by atoms with E-state index in [4.69, 9.17) is 5.26 Å². The molecule has 0 saturated heterocycles. The lowest BCUT2D eigenvalue weighted by molar-refractivity contribution is 0.305. The van der Waals surface area contributed by atoms with Gasteiger partial charge in [-0.3, -0.25) is 0 Å². The number of nitriles is 1. The van der Waals surface area contributed by atoms with E-state index in [0.717, 1.165) is 12.8 Å². The molecule has 72 valence electrons. The molecule has 1 saturated carbocycles. The van der Waals surface area contributed by atoms with Gasteiger partial charge >= 0.3 is 0 Å². The smallest absolute Gasteiger partial charge is 0.147 e. The maximum absolute atomic E-state index is 8.84. The standard InChI is InChI=1S/C10H12N4/c1-10(3-2-4-10)14-9-8(5-11)6-12-7-13-9/h6-7H,2-4H2,1H3,(H,12,13,14). The van der Waals surface area contributed by atoms with Crippen LogP contribution in [0.25, 0.3) is 0 Å². The van der Waals surface area contributed by atoms with Crippen LogP contribution in [0.15, 0.2) is 12.5 Å². The van der Waals surface area contributed by atoms with Gasteiger partial charge in [0, 0.05) is 5.54 Å². The van der Waals surface area contributed by atoms with Crippen molar-refractivity contribution in [3.05, 3.63) is 18.1 Å². The molecule has 0 spiro atoms. The molecule has 0 bridgehead atoms. The molecule has 0 atom stereocenters. The highest BCUT2D eigenvalue weighted by Crippen LogP contribution is 2.34. The summed E-state index contributed by atoms with van der Waals surface area (Å²) in [7, 11) is 0. The summed E-state index contributed by atoms with van der Waals surface area (Å²) in [5.41, 5.74) is 0.639. The zero-order valence-electron chi connectivity index (χ0n) is 8.12. The first-order valence-corrected chi connectivity index (χ1v) is 4.72. The molecule has 1 heterocycles. The van der Waals surface area contributed by atoms with Crippen molar-refractivity contribution in [1.29, 1.82) is 5.26 Å². The molecule has 0 radical (unpaired) electrons. The van der Waals surface area contributed by atoms with E-state index < -0.39 is 0 Å². The molecule has 1 aliphatic carbocycles. The van der Waals surface area contributed by atoms with E-state index in [1.807, 2.05) is 0 Å². The molecule has 2 rings (SSSR count). The second kappa shape index (κ2) is 3.26. The number of nitrogens with zero attached hydrogens (tertiary/aromatic N) is 3. The molecular formula is C10H12N4. The average Bonchev–Trinajstić information content (AvgIpc) is 2.16. The van der Waals surface area contributed by atoms with Gasteiger partial charge in [-0.2, -0.15) is 5.26 Å². The minimum atomic E-state index is 0.125. The molecule has 14 heavy (non-hydrogen) atoms. The Hall–Kier alpha value is -1.63. The Morgan fingerprint density at radius 3 is 2.93 bits per heavy atom. The van der Waals surface area contributed by atoms with Crippen molar-refractivity contribution in [3.63, 3.8) is 0 Å². The van der Waals surface area contributed by atoms with E-state index >= 15 is 0 Å². The van der Waals surface area contributed by atoms with Crippen molar-refractivity contribution in [3.8, 4) is 6.07 Å². The molecule has 0 unspecified atom stereocenters. The molecule has 4 heteroatoms. The quantitative estimate of drug-likeness (QED) is 0.767. The predicted molar refractivity (Wildman–Crippen MR) is 52.6 cm³/mol. The Morgan fingerprint density at radius 2 is 2.36 bits per heavy atom. The van der Waals surface area contributed by atoms with Gasteiger partial charge in [0.25, 0.3) is 0 Å². The normalized spacial score (nSPS) is 18.0. The fourth-order valence-corrected chi connectivity index (χ4v) is 1.63. The van der Waals surface area contributed by atoms with E-state index in [-0.39, 0.29) is 5.54 Å². The van der Waals surface area contributed by atoms with Crippen LogP contribution >= 0.6 is 0 Å². The summed E-state index contributed by atoms with van der Waals surface area (Å²) < 4.78 is 0. The number of anilines is 1. The topological polar surface area (TPSA) is 61.6 Å². The monoisotopic (exact) mass is 188 g/mol. The van der Waals surface area contributed by atoms with Gasteiger partial charge in [-0.05, 0) is 26.2 Å². The number of hydrogen-bond donors (Lipinski definition) is 1. The molecular weight excluding hydrogens is 176 g/mol. The minimum Gasteiger partial charge on any atom is -0.364 e. The second-order valence-corrected chi connectivity index (χ2v) is 3.94. The highest BCUT2D eigenvalue weighted by Gasteiger charge is 2.32. The van der Waals surface area contributed by atoms with Gasteiger partial charge in [-0.1, -0.05) is 0 Å². The van der Waals surface area contributed by atoms with Gasteiger partial charge in [-0.25, -0.2) is 9.97 Å². The lowest BCUT2D eigenvalue weighted by atomic mass is 9.78. The first kappa shape index (κ1) is 8.95. The van der Waals surface area contributed by atoms with Crippen LogP contribution in [0.5, 0.6) is 0 Å². The molecule has 1 aliphatic rings. The van der Waals surface area contributed by atoms with E-state index in [1.54, 1.807) is 0 Å². The lowest BCUT2D eigenvalue weighted by Gasteiger charge is -2.39. The Labute approximate surface area is 83.0 Å². The molecule has 0 amide bonds. The van der Waals surface area contributed by atoms with Gasteiger partial charge in [0.05, 0.1) is 6.20 Å². The second-order valence-electron chi connectivity index (χ2n) is 3.94. The van der Waals surface area contributed by atoms with Crippen molar-refractivity contribution < 1.29 is 0 Å². The number of nitrogens with one attached hydrogen (secondary N) is 1. The lowest BCUT2D eigenvalue weighted by Crippen LogP contribution is -2.42. The summed E-state index contributed by atoms with van der Waals surface area (Å²) >= 11 is 0. The molecule has 4 nitrogen and oxygen atoms in total. The van der Waals surface area contributed by atoms with Crippen LogP contribution in [0, 0.1) is 11.3 Å². The highest BCUT2D eigenvalue weighted by molar-refractivity contribution is 5.51. The summed E-state index contributed by atoms with van der Waals surface area (Å²) in [5.74, 6) is 0.657. The fourth-order valence-electron chi connectivity index (χ4n) is 1.63. The SMILES string of the molecule is CC1(Nc2ncncc2C#N)CCC1. The summed E-state index contributed by atoms with van der Waals surface area (Å²) in [6.07, 6.45) is 6.53. The summed E-state index contributed by atoms with van der Waals surface area (Å²) in [5, 5.41) is 12.1. The molecule has 1 aromatic heterocycles. The van der Waals surface area contributed by atoms with E-state index in [9.17, 15) is 0 Å². The Balaban J connectivity index is 2.20. The van der Waals surface area contributed by atoms with Crippen molar-refractivity contribution in [1.82, 2.24) is 9.97 Å². The highest BCUT2D eigenvalue weighted by atomic mass is 15.1. The van der Waals surface area contributed by atoms with E-state index in [0.29, 0.717) is 11.4 Å². The van der Waals surface area contributed by atoms with Crippen molar-refractivity contribution in [2.24, 2.45) is 0 Å². The third-order valence-corrected chi connectivity index (χ3v) is 2.71. The maximum Gasteiger partial charge on any atom is 0.147 e. The van der Waals surface area contributed by atoms with Crippen molar-refractivity contribution in [2.75, 3.05) is 5.32 Å². The Kier molecular flexibility index (Phi) is 2.08. The summed E-state index contributed by atoms with van der Waals surface area (Å²) in [4.78, 5) is 7.89. The number of rotatable bonds is 2. The zero-order chi connectivity index (χ0) is 10.0. The van der Waals surface area contributed by atoms with Gasteiger partial charge in [0.1, 0.15) is 23.8 Å². The van der Waals surface area contributed by atoms with E-state index in [1.165, 1.54) is 18.9 Å². The van der Waals surface area contributed by atoms with Crippen LogP contribution < -0.4 is 5.32 Å². The number of hydrogen-bond acceptors (Lipinski definition) is 4. The molecule has 1 aromatic rings. The first-order chi connectivity index (χ1) is 6.73. The molecule has 1 N–H and O–H groups in total. The van der Waals surface area contributed by atoms with Crippen LogP contribution in [0.4, 0.5) is 5.82 Å². The number of aromatic nitrogens is 2. The van der Waals surface area contributed by atoms with Gasteiger partial charge in [0.15, 0.2) is 0 Å². The van der Waals surface area contributed by atoms with Crippen LogP contribution in [0.1, 0.15) is 31.7 Å². The minimum absolute atomic E-state index is 0.125. The summed E-state index contributed by atoms with van der Waals surface area (Å²) in [6, 6.07) is 2.08. The van der Waals surface area contributed by atoms with Crippen LogP contribution in [-0.4, -0.2) is 15.5 Å². The van der Waals surface area contributed by atoms with Crippen LogP contribution in [-0.2, 0) is 0 Å². The van der Waals surface area contributed by atoms with Crippen LogP contribution in [0.3, 0.4) is 0 Å². The Bertz CT molecular complexity index is 376. The van der Waals surface area contributed by atoms with Crippen molar-refractivity contribution in [2.45, 2.75) is 31.7 Å². The van der Waals surface area contributed by atoms with Crippen molar-refractivity contribution >= 4 is 5.82 Å². The van der Waals surface area contributed by atoms with Gasteiger partial charge in [0.2, 0.25) is 0 Å². The van der Waals surface area contributed by atoms with Gasteiger partial charge in [-0.15, -0.1) is 0 Å². The van der Waals surface area contributed by atoms with E-state index in [2.05, 4.69) is 28.3 Å². The predicted octanol–water partition coefficient (Wildman–Crippen LogP) is 1.70. The molecule has 0 aliphatic heterocycles. The largest absolute Gasteiger partial charge is 0.364 e. The average molecular weight is 188 g/mol. The molecule has 1 fully saturated rings.